The van der Waals surface area contributed by atoms with Gasteiger partial charge in [-0.2, -0.15) is 0 Å². The van der Waals surface area contributed by atoms with E-state index in [4.69, 9.17) is 9.47 Å². The van der Waals surface area contributed by atoms with Gasteiger partial charge in [-0.1, -0.05) is 304 Å². The molecule has 80 heavy (non-hydrogen) atoms. The van der Waals surface area contributed by atoms with Crippen LogP contribution in [-0.4, -0.2) is 87.5 Å². The number of hydrogen-bond acceptors (Lipinski definition) is 8. The van der Waals surface area contributed by atoms with Crippen molar-refractivity contribution in [1.29, 1.82) is 0 Å². The lowest BCUT2D eigenvalue weighted by molar-refractivity contribution is -0.302. The maximum absolute atomic E-state index is 13.1. The van der Waals surface area contributed by atoms with Crippen LogP contribution >= 0.6 is 0 Å². The summed E-state index contributed by atoms with van der Waals surface area (Å²) >= 11 is 0. The summed E-state index contributed by atoms with van der Waals surface area (Å²) in [6.45, 7) is 3.75. The second-order valence-electron chi connectivity index (χ2n) is 22.9. The molecule has 1 fully saturated rings. The number of carbonyl (C=O) groups is 1. The third-order valence-corrected chi connectivity index (χ3v) is 15.5. The van der Waals surface area contributed by atoms with Crippen molar-refractivity contribution < 1.29 is 39.8 Å². The number of amides is 1. The van der Waals surface area contributed by atoms with Gasteiger partial charge in [0.25, 0.3) is 0 Å². The van der Waals surface area contributed by atoms with Gasteiger partial charge in [0, 0.05) is 6.42 Å². The van der Waals surface area contributed by atoms with E-state index in [2.05, 4.69) is 116 Å². The van der Waals surface area contributed by atoms with Gasteiger partial charge >= 0.3 is 0 Å². The summed E-state index contributed by atoms with van der Waals surface area (Å²) in [6, 6.07) is -0.726. The van der Waals surface area contributed by atoms with E-state index in [1.807, 2.05) is 0 Å². The third kappa shape index (κ3) is 47.6. The Morgan fingerprint density at radius 3 is 1.15 bits per heavy atom. The number of rotatable bonds is 57. The topological polar surface area (TPSA) is 149 Å². The van der Waals surface area contributed by atoms with Crippen LogP contribution in [0.4, 0.5) is 0 Å². The van der Waals surface area contributed by atoms with E-state index in [1.54, 1.807) is 0 Å². The van der Waals surface area contributed by atoms with Crippen LogP contribution in [0.5, 0.6) is 0 Å². The average molecular weight is 1120 g/mol. The summed E-state index contributed by atoms with van der Waals surface area (Å²) in [5, 5.41) is 54.9. The number of hydrogen-bond donors (Lipinski definition) is 6. The van der Waals surface area contributed by atoms with Crippen molar-refractivity contribution in [2.75, 3.05) is 13.2 Å². The average Bonchev–Trinajstić information content (AvgIpc) is 3.46. The maximum atomic E-state index is 13.1. The lowest BCUT2D eigenvalue weighted by Gasteiger charge is -2.40. The quantitative estimate of drug-likeness (QED) is 0.0261. The highest BCUT2D eigenvalue weighted by Gasteiger charge is 2.44. The lowest BCUT2D eigenvalue weighted by atomic mass is 9.99. The Kier molecular flexibility index (Phi) is 55.7. The van der Waals surface area contributed by atoms with Gasteiger partial charge in [0.15, 0.2) is 6.29 Å². The first-order valence-corrected chi connectivity index (χ1v) is 33.4. The van der Waals surface area contributed by atoms with Gasteiger partial charge in [-0.25, -0.2) is 0 Å². The molecule has 9 nitrogen and oxygen atoms in total. The van der Waals surface area contributed by atoms with E-state index < -0.39 is 49.5 Å². The van der Waals surface area contributed by atoms with Gasteiger partial charge in [0.2, 0.25) is 5.91 Å². The van der Waals surface area contributed by atoms with Crippen LogP contribution in [0.3, 0.4) is 0 Å². The molecule has 0 aromatic rings. The van der Waals surface area contributed by atoms with Crippen LogP contribution in [0.2, 0.25) is 0 Å². The molecule has 1 rings (SSSR count). The predicted octanol–water partition coefficient (Wildman–Crippen LogP) is 17.9. The fraction of sp³-hybridized carbons (Fsp3) is 0.761. The van der Waals surface area contributed by atoms with E-state index in [0.29, 0.717) is 12.8 Å². The Bertz CT molecular complexity index is 1580. The molecule has 1 aliphatic heterocycles. The number of aliphatic hydroxyl groups excluding tert-OH is 5. The van der Waals surface area contributed by atoms with Crippen LogP contribution in [-0.2, 0) is 14.3 Å². The Labute approximate surface area is 492 Å². The third-order valence-electron chi connectivity index (χ3n) is 15.5. The van der Waals surface area contributed by atoms with E-state index in [9.17, 15) is 30.3 Å². The number of carbonyl (C=O) groups excluding carboxylic acids is 1. The highest BCUT2D eigenvalue weighted by Crippen LogP contribution is 2.23. The zero-order valence-electron chi connectivity index (χ0n) is 51.6. The summed E-state index contributed by atoms with van der Waals surface area (Å²) in [7, 11) is 0. The standard InChI is InChI=1S/C71H125NO8/c1-3-5-7-9-11-13-15-17-19-21-23-25-26-27-28-29-30-31-32-33-34-35-36-37-38-39-40-41-43-45-47-49-51-53-55-57-59-61-67(75)72-64(63-79-71-70(78)69(77)68(76)66(62-73)80-71)65(74)60-58-56-54-52-50-48-46-44-42-24-22-20-18-16-14-12-10-8-6-4-2/h5,7,11,13,17,19,23,25,27-28,30-31,33-34,36-37,64-66,68-71,73-74,76-78H,3-4,6,8-10,12,14-16,18,20-22,24,26,29,32,35,38-63H2,1-2H3,(H,72,75)/b7-5-,13-11-,19-17-,25-23-,28-27-,31-30-,34-33-,37-36-. The highest BCUT2D eigenvalue weighted by atomic mass is 16.7. The van der Waals surface area contributed by atoms with Crippen LogP contribution < -0.4 is 5.32 Å². The summed E-state index contributed by atoms with van der Waals surface area (Å²) in [5.74, 6) is -0.147. The minimum atomic E-state index is -1.56. The van der Waals surface area contributed by atoms with Crippen molar-refractivity contribution in [3.05, 3.63) is 97.2 Å². The van der Waals surface area contributed by atoms with E-state index in [0.717, 1.165) is 89.9 Å². The molecule has 9 heteroatoms. The Morgan fingerprint density at radius 1 is 0.438 bits per heavy atom. The molecule has 0 spiro atoms. The van der Waals surface area contributed by atoms with Crippen LogP contribution in [0, 0.1) is 0 Å². The predicted molar refractivity (Wildman–Crippen MR) is 341 cm³/mol. The lowest BCUT2D eigenvalue weighted by Crippen LogP contribution is -2.60. The molecule has 1 saturated heterocycles. The molecule has 1 aliphatic rings. The maximum Gasteiger partial charge on any atom is 0.220 e. The molecule has 0 saturated carbocycles. The summed E-state index contributed by atoms with van der Waals surface area (Å²) in [6.07, 6.45) is 78.8. The van der Waals surface area contributed by atoms with Crippen molar-refractivity contribution in [2.45, 2.75) is 333 Å². The van der Waals surface area contributed by atoms with E-state index in [-0.39, 0.29) is 12.5 Å². The summed E-state index contributed by atoms with van der Waals surface area (Å²) in [4.78, 5) is 13.1. The SMILES string of the molecule is CC/C=C\C/C=C\C/C=C\C/C=C\C/C=C\C/C=C\C/C=C\C/C=C\CCCCCCCCCCCCCCC(=O)NC(COC1OC(CO)C(O)C(O)C1O)C(O)CCCCCCCCCCCCCCCCCCCCCC. The molecule has 0 aromatic carbocycles. The first-order valence-electron chi connectivity index (χ1n) is 33.4. The number of ether oxygens (including phenoxy) is 2. The molecule has 462 valence electrons. The molecule has 0 aromatic heterocycles. The normalized spacial score (nSPS) is 19.1. The molecule has 7 unspecified atom stereocenters. The zero-order chi connectivity index (χ0) is 57.9. The first-order chi connectivity index (χ1) is 39.3. The number of nitrogens with one attached hydrogen (secondary N) is 1. The van der Waals surface area contributed by atoms with Crippen LogP contribution in [0.15, 0.2) is 97.2 Å². The van der Waals surface area contributed by atoms with Gasteiger partial charge < -0.3 is 40.3 Å². The summed E-state index contributed by atoms with van der Waals surface area (Å²) in [5.41, 5.74) is 0. The van der Waals surface area contributed by atoms with Gasteiger partial charge in [0.05, 0.1) is 25.4 Å². The molecular formula is C71H125NO8. The van der Waals surface area contributed by atoms with Crippen molar-refractivity contribution in [3.8, 4) is 0 Å². The Morgan fingerprint density at radius 2 is 0.775 bits per heavy atom. The fourth-order valence-electron chi connectivity index (χ4n) is 10.2. The largest absolute Gasteiger partial charge is 0.394 e. The highest BCUT2D eigenvalue weighted by molar-refractivity contribution is 5.76. The molecule has 0 aliphatic carbocycles. The number of unbranched alkanes of at least 4 members (excludes halogenated alkanes) is 31. The van der Waals surface area contributed by atoms with Gasteiger partial charge in [-0.15, -0.1) is 0 Å². The fourth-order valence-corrected chi connectivity index (χ4v) is 10.2. The van der Waals surface area contributed by atoms with E-state index >= 15 is 0 Å². The molecule has 0 radical (unpaired) electrons. The van der Waals surface area contributed by atoms with Crippen molar-refractivity contribution >= 4 is 5.91 Å². The zero-order valence-corrected chi connectivity index (χ0v) is 51.6. The molecule has 6 N–H and O–H groups in total. The van der Waals surface area contributed by atoms with E-state index in [1.165, 1.54) is 173 Å². The molecule has 1 heterocycles. The molecule has 1 amide bonds. The summed E-state index contributed by atoms with van der Waals surface area (Å²) < 4.78 is 11.3. The van der Waals surface area contributed by atoms with Crippen molar-refractivity contribution in [3.63, 3.8) is 0 Å². The minimum Gasteiger partial charge on any atom is -0.394 e. The Balaban J connectivity index is 2.13. The molecule has 0 bridgehead atoms. The molecule has 7 atom stereocenters. The molecular weight excluding hydrogens is 995 g/mol. The van der Waals surface area contributed by atoms with Gasteiger partial charge in [0.1, 0.15) is 24.4 Å². The number of aliphatic hydroxyl groups is 5. The van der Waals surface area contributed by atoms with Gasteiger partial charge in [-0.05, 0) is 77.0 Å². The van der Waals surface area contributed by atoms with Crippen molar-refractivity contribution in [1.82, 2.24) is 5.32 Å². The Hall–Kier alpha value is -2.89. The second-order valence-corrected chi connectivity index (χ2v) is 22.9. The minimum absolute atomic E-state index is 0.141. The van der Waals surface area contributed by atoms with Crippen LogP contribution in [0.1, 0.15) is 290 Å². The van der Waals surface area contributed by atoms with Gasteiger partial charge in [-0.3, -0.25) is 4.79 Å². The number of allylic oxidation sites excluding steroid dienone is 16. The van der Waals surface area contributed by atoms with Crippen LogP contribution in [0.25, 0.3) is 0 Å². The van der Waals surface area contributed by atoms with Crippen molar-refractivity contribution in [2.24, 2.45) is 0 Å². The second kappa shape index (κ2) is 59.3. The monoisotopic (exact) mass is 1120 g/mol. The first kappa shape index (κ1) is 75.1. The smallest absolute Gasteiger partial charge is 0.220 e.